The van der Waals surface area contributed by atoms with E-state index >= 15 is 0 Å². The van der Waals surface area contributed by atoms with Gasteiger partial charge < -0.3 is 29.4 Å². The first-order valence-electron chi connectivity index (χ1n) is 8.18. The number of nitrogens with one attached hydrogen (secondary N) is 1. The molecule has 0 amide bonds. The van der Waals surface area contributed by atoms with Crippen molar-refractivity contribution >= 4 is 11.7 Å². The number of ether oxygens (including phenoxy) is 4. The number of benzene rings is 2. The van der Waals surface area contributed by atoms with Crippen LogP contribution < -0.4 is 19.5 Å². The van der Waals surface area contributed by atoms with Gasteiger partial charge in [-0.05, 0) is 24.3 Å². The number of carbonyl (C=O) groups is 1. The van der Waals surface area contributed by atoms with Gasteiger partial charge in [0.1, 0.15) is 5.75 Å². The largest absolute Gasteiger partial charge is 0.502 e. The van der Waals surface area contributed by atoms with Gasteiger partial charge in [0.05, 0.1) is 34.1 Å². The van der Waals surface area contributed by atoms with Crippen molar-refractivity contribution in [2.45, 2.75) is 11.7 Å². The minimum absolute atomic E-state index is 0.0720. The van der Waals surface area contributed by atoms with Crippen LogP contribution in [-0.2, 0) is 15.1 Å². The highest BCUT2D eigenvalue weighted by Crippen LogP contribution is 2.48. The molecule has 10 heteroatoms. The van der Waals surface area contributed by atoms with Crippen LogP contribution in [0.1, 0.15) is 5.56 Å². The molecule has 158 valence electrons. The molecule has 2 rings (SSSR count). The van der Waals surface area contributed by atoms with Gasteiger partial charge in [-0.2, -0.15) is 13.2 Å². The topological polar surface area (TPSA) is 86.3 Å². The van der Waals surface area contributed by atoms with Crippen molar-refractivity contribution in [3.63, 3.8) is 0 Å². The van der Waals surface area contributed by atoms with E-state index in [1.807, 2.05) is 0 Å². The van der Waals surface area contributed by atoms with Gasteiger partial charge in [0.2, 0.25) is 5.75 Å². The van der Waals surface area contributed by atoms with Gasteiger partial charge in [0, 0.05) is 5.56 Å². The van der Waals surface area contributed by atoms with Gasteiger partial charge in [-0.1, -0.05) is 12.1 Å². The molecule has 2 N–H and O–H groups in total. The lowest BCUT2D eigenvalue weighted by Gasteiger charge is -2.35. The number of hydrogen-bond donors (Lipinski definition) is 2. The molecule has 29 heavy (non-hydrogen) atoms. The number of alkyl halides is 3. The van der Waals surface area contributed by atoms with E-state index in [1.165, 1.54) is 25.3 Å². The summed E-state index contributed by atoms with van der Waals surface area (Å²) in [6.45, 7) is 0. The molecular formula is C19H20F3NO6. The third kappa shape index (κ3) is 3.82. The van der Waals surface area contributed by atoms with Crippen LogP contribution in [0.15, 0.2) is 36.4 Å². The first-order chi connectivity index (χ1) is 13.7. The van der Waals surface area contributed by atoms with Gasteiger partial charge in [-0.25, -0.2) is 4.79 Å². The first-order valence-corrected chi connectivity index (χ1v) is 8.18. The zero-order valence-corrected chi connectivity index (χ0v) is 16.1. The van der Waals surface area contributed by atoms with Crippen LogP contribution >= 0.6 is 0 Å². The van der Waals surface area contributed by atoms with E-state index in [0.717, 1.165) is 33.5 Å². The van der Waals surface area contributed by atoms with Gasteiger partial charge in [-0.15, -0.1) is 0 Å². The third-order valence-electron chi connectivity index (χ3n) is 4.26. The summed E-state index contributed by atoms with van der Waals surface area (Å²) < 4.78 is 62.8. The summed E-state index contributed by atoms with van der Waals surface area (Å²) in [5.74, 6) is -2.72. The number of methoxy groups -OCH3 is 4. The summed E-state index contributed by atoms with van der Waals surface area (Å²) in [5.41, 5.74) is -4.08. The Bertz CT molecular complexity index is 861. The number of hydrogen-bond acceptors (Lipinski definition) is 7. The summed E-state index contributed by atoms with van der Waals surface area (Å²) >= 11 is 0. The van der Waals surface area contributed by atoms with Gasteiger partial charge in [0.25, 0.3) is 5.54 Å². The second-order valence-electron chi connectivity index (χ2n) is 5.79. The molecule has 0 aliphatic heterocycles. The van der Waals surface area contributed by atoms with E-state index in [4.69, 9.17) is 14.2 Å². The van der Waals surface area contributed by atoms with Crippen molar-refractivity contribution < 1.29 is 42.0 Å². The Morgan fingerprint density at radius 2 is 1.45 bits per heavy atom. The lowest BCUT2D eigenvalue weighted by molar-refractivity contribution is -0.201. The lowest BCUT2D eigenvalue weighted by atomic mass is 9.87. The average molecular weight is 415 g/mol. The number of phenols is 1. The van der Waals surface area contributed by atoms with Crippen LogP contribution in [-0.4, -0.2) is 45.7 Å². The normalized spacial score (nSPS) is 13.2. The molecule has 0 aromatic heterocycles. The number of halogens is 3. The second-order valence-corrected chi connectivity index (χ2v) is 5.79. The molecule has 0 heterocycles. The van der Waals surface area contributed by atoms with Crippen molar-refractivity contribution in [3.8, 4) is 23.0 Å². The van der Waals surface area contributed by atoms with E-state index in [9.17, 15) is 23.1 Å². The van der Waals surface area contributed by atoms with Crippen LogP contribution in [0.5, 0.6) is 23.0 Å². The monoisotopic (exact) mass is 415 g/mol. The summed E-state index contributed by atoms with van der Waals surface area (Å²) in [5, 5.41) is 12.3. The molecule has 0 saturated carbocycles. The zero-order valence-electron chi connectivity index (χ0n) is 16.1. The highest BCUT2D eigenvalue weighted by Gasteiger charge is 2.64. The fourth-order valence-electron chi connectivity index (χ4n) is 2.80. The molecule has 2 aromatic rings. The fraction of sp³-hybridized carbons (Fsp3) is 0.316. The maximum absolute atomic E-state index is 14.4. The minimum atomic E-state index is -5.17. The number of carbonyl (C=O) groups excluding carboxylic acids is 1. The Kier molecular flexibility index (Phi) is 6.35. The maximum Gasteiger partial charge on any atom is 0.426 e. The summed E-state index contributed by atoms with van der Waals surface area (Å²) in [7, 11) is 4.42. The van der Waals surface area contributed by atoms with Crippen molar-refractivity contribution in [2.24, 2.45) is 0 Å². The zero-order chi connectivity index (χ0) is 21.8. The smallest absolute Gasteiger partial charge is 0.426 e. The van der Waals surface area contributed by atoms with Gasteiger partial charge in [-0.3, -0.25) is 0 Å². The van der Waals surface area contributed by atoms with Gasteiger partial charge >= 0.3 is 12.1 Å². The number of esters is 1. The molecule has 0 aliphatic carbocycles. The minimum Gasteiger partial charge on any atom is -0.502 e. The molecule has 0 spiro atoms. The van der Waals surface area contributed by atoms with Crippen LogP contribution in [0.25, 0.3) is 0 Å². The van der Waals surface area contributed by atoms with Crippen LogP contribution in [0.2, 0.25) is 0 Å². The average Bonchev–Trinajstić information content (AvgIpc) is 2.71. The molecule has 0 bridgehead atoms. The number of para-hydroxylation sites is 2. The predicted octanol–water partition coefficient (Wildman–Crippen LogP) is 3.46. The summed E-state index contributed by atoms with van der Waals surface area (Å²) in [6, 6.07) is 7.54. The lowest BCUT2D eigenvalue weighted by Crippen LogP contribution is -2.55. The maximum atomic E-state index is 14.4. The molecule has 0 aliphatic rings. The van der Waals surface area contributed by atoms with E-state index in [0.29, 0.717) is 0 Å². The Morgan fingerprint density at radius 1 is 0.931 bits per heavy atom. The highest BCUT2D eigenvalue weighted by atomic mass is 19.4. The molecule has 0 unspecified atom stereocenters. The Labute approximate surface area is 164 Å². The van der Waals surface area contributed by atoms with Crippen LogP contribution in [0.4, 0.5) is 18.9 Å². The van der Waals surface area contributed by atoms with Crippen molar-refractivity contribution in [1.29, 1.82) is 0 Å². The Morgan fingerprint density at radius 3 is 1.90 bits per heavy atom. The number of rotatable bonds is 7. The quantitative estimate of drug-likeness (QED) is 0.670. The van der Waals surface area contributed by atoms with Crippen LogP contribution in [0.3, 0.4) is 0 Å². The number of anilines is 1. The molecule has 0 saturated heterocycles. The van der Waals surface area contributed by atoms with Crippen molar-refractivity contribution in [1.82, 2.24) is 0 Å². The molecule has 0 radical (unpaired) electrons. The molecule has 1 atom stereocenters. The number of phenolic OH excluding ortho intramolecular Hbond substituents is 1. The van der Waals surface area contributed by atoms with Crippen molar-refractivity contribution in [3.05, 3.63) is 42.0 Å². The summed E-state index contributed by atoms with van der Waals surface area (Å²) in [4.78, 5) is 12.6. The predicted molar refractivity (Wildman–Crippen MR) is 97.6 cm³/mol. The Hall–Kier alpha value is -3.30. The second kappa shape index (κ2) is 8.38. The fourth-order valence-corrected chi connectivity index (χ4v) is 2.80. The molecule has 2 aromatic carbocycles. The number of aromatic hydroxyl groups is 1. The molecule has 7 nitrogen and oxygen atoms in total. The first kappa shape index (κ1) is 22.0. The van der Waals surface area contributed by atoms with E-state index < -0.39 is 29.0 Å². The third-order valence-corrected chi connectivity index (χ3v) is 4.26. The standard InChI is InChI=1S/C19H20F3NO6/c1-26-13-8-6-5-7-12(13)23-18(17(25)29-4,19(20,21)22)11-9-14(27-2)16(24)15(10-11)28-3/h5-10,23-24H,1-4H3/t18-/m1/s1. The van der Waals surface area contributed by atoms with Crippen molar-refractivity contribution in [2.75, 3.05) is 33.8 Å². The van der Waals surface area contributed by atoms with E-state index in [2.05, 4.69) is 10.1 Å². The van der Waals surface area contributed by atoms with Gasteiger partial charge in [0.15, 0.2) is 11.5 Å². The summed E-state index contributed by atoms with van der Waals surface area (Å²) in [6.07, 6.45) is -5.17. The SMILES string of the molecule is COC(=O)[C@](Nc1ccccc1OC)(c1cc(OC)c(O)c(OC)c1)C(F)(F)F. The highest BCUT2D eigenvalue weighted by molar-refractivity contribution is 5.88. The van der Waals surface area contributed by atoms with E-state index in [-0.39, 0.29) is 22.9 Å². The molecular weight excluding hydrogens is 395 g/mol. The molecule has 0 fully saturated rings. The Balaban J connectivity index is 2.86. The van der Waals surface area contributed by atoms with E-state index in [1.54, 1.807) is 6.07 Å². The van der Waals surface area contributed by atoms with Crippen LogP contribution in [0, 0.1) is 0 Å².